The molecular weight excluding hydrogens is 150 g/mol. The van der Waals surface area contributed by atoms with Crippen molar-refractivity contribution in [2.75, 3.05) is 0 Å². The SMILES string of the molecule is CC(C)CC(CC(C)C)NC=O. The summed E-state index contributed by atoms with van der Waals surface area (Å²) in [5.41, 5.74) is 0. The average molecular weight is 171 g/mol. The summed E-state index contributed by atoms with van der Waals surface area (Å²) < 4.78 is 0. The zero-order valence-electron chi connectivity index (χ0n) is 8.63. The Hall–Kier alpha value is -0.530. The van der Waals surface area contributed by atoms with E-state index in [9.17, 15) is 4.79 Å². The third kappa shape index (κ3) is 6.20. The second-order valence-electron chi connectivity index (χ2n) is 4.24. The van der Waals surface area contributed by atoms with Crippen LogP contribution in [0, 0.1) is 11.8 Å². The molecule has 1 N–H and O–H groups in total. The predicted molar refractivity (Wildman–Crippen MR) is 51.9 cm³/mol. The molecule has 0 aliphatic heterocycles. The molecule has 12 heavy (non-hydrogen) atoms. The molecule has 0 spiro atoms. The fourth-order valence-corrected chi connectivity index (χ4v) is 1.47. The van der Waals surface area contributed by atoms with Crippen LogP contribution in [-0.2, 0) is 4.79 Å². The Morgan fingerprint density at radius 1 is 1.08 bits per heavy atom. The lowest BCUT2D eigenvalue weighted by Crippen LogP contribution is -2.30. The van der Waals surface area contributed by atoms with Gasteiger partial charge in [0.15, 0.2) is 0 Å². The van der Waals surface area contributed by atoms with Crippen LogP contribution in [0.1, 0.15) is 40.5 Å². The number of carbonyl (C=O) groups excluding carboxylic acids is 1. The van der Waals surface area contributed by atoms with Crippen LogP contribution in [0.5, 0.6) is 0 Å². The summed E-state index contributed by atoms with van der Waals surface area (Å²) in [6.45, 7) is 8.72. The number of amides is 1. The van der Waals surface area contributed by atoms with Crippen LogP contribution in [-0.4, -0.2) is 12.5 Å². The minimum absolute atomic E-state index is 0.363. The van der Waals surface area contributed by atoms with E-state index in [-0.39, 0.29) is 0 Å². The molecule has 1 amide bonds. The molecule has 0 aliphatic rings. The Balaban J connectivity index is 3.77. The first-order valence-electron chi connectivity index (χ1n) is 4.76. The van der Waals surface area contributed by atoms with Gasteiger partial charge in [-0.05, 0) is 24.7 Å². The summed E-state index contributed by atoms with van der Waals surface area (Å²) >= 11 is 0. The summed E-state index contributed by atoms with van der Waals surface area (Å²) in [6, 6.07) is 0.363. The molecule has 0 aromatic rings. The first-order chi connectivity index (χ1) is 5.56. The van der Waals surface area contributed by atoms with E-state index < -0.39 is 0 Å². The smallest absolute Gasteiger partial charge is 0.207 e. The van der Waals surface area contributed by atoms with Crippen LogP contribution in [0.4, 0.5) is 0 Å². The maximum absolute atomic E-state index is 10.3. The molecule has 0 aromatic heterocycles. The van der Waals surface area contributed by atoms with E-state index in [2.05, 4.69) is 33.0 Å². The molecule has 0 atom stereocenters. The molecule has 0 saturated carbocycles. The first-order valence-corrected chi connectivity index (χ1v) is 4.76. The Bertz CT molecular complexity index is 111. The van der Waals surface area contributed by atoms with Crippen molar-refractivity contribution < 1.29 is 4.79 Å². The highest BCUT2D eigenvalue weighted by Crippen LogP contribution is 2.12. The summed E-state index contributed by atoms with van der Waals surface area (Å²) in [5, 5.41) is 2.86. The van der Waals surface area contributed by atoms with Crippen molar-refractivity contribution in [2.45, 2.75) is 46.6 Å². The van der Waals surface area contributed by atoms with Crippen LogP contribution < -0.4 is 5.32 Å². The monoisotopic (exact) mass is 171 g/mol. The maximum atomic E-state index is 10.3. The minimum atomic E-state index is 0.363. The van der Waals surface area contributed by atoms with Crippen molar-refractivity contribution in [1.29, 1.82) is 0 Å². The molecule has 0 rings (SSSR count). The fourth-order valence-electron chi connectivity index (χ4n) is 1.47. The van der Waals surface area contributed by atoms with Crippen LogP contribution in [0.3, 0.4) is 0 Å². The highest BCUT2D eigenvalue weighted by Gasteiger charge is 2.10. The molecule has 0 aromatic carbocycles. The second kappa shape index (κ2) is 6.04. The number of rotatable bonds is 6. The van der Waals surface area contributed by atoms with Crippen LogP contribution in [0.15, 0.2) is 0 Å². The van der Waals surface area contributed by atoms with E-state index in [0.29, 0.717) is 17.9 Å². The first kappa shape index (κ1) is 11.5. The lowest BCUT2D eigenvalue weighted by Gasteiger charge is -2.19. The van der Waals surface area contributed by atoms with E-state index in [1.807, 2.05) is 0 Å². The summed E-state index contributed by atoms with van der Waals surface area (Å²) in [6.07, 6.45) is 2.98. The van der Waals surface area contributed by atoms with Crippen molar-refractivity contribution in [2.24, 2.45) is 11.8 Å². The third-order valence-corrected chi connectivity index (χ3v) is 1.82. The second-order valence-corrected chi connectivity index (χ2v) is 4.24. The average Bonchev–Trinajstić information content (AvgIpc) is 1.84. The molecule has 2 heteroatoms. The van der Waals surface area contributed by atoms with E-state index in [0.717, 1.165) is 19.3 Å². The minimum Gasteiger partial charge on any atom is -0.356 e. The van der Waals surface area contributed by atoms with E-state index in [1.165, 1.54) is 0 Å². The van der Waals surface area contributed by atoms with Gasteiger partial charge in [0, 0.05) is 6.04 Å². The predicted octanol–water partition coefficient (Wildman–Crippen LogP) is 2.19. The summed E-state index contributed by atoms with van der Waals surface area (Å²) in [5.74, 6) is 1.31. The fraction of sp³-hybridized carbons (Fsp3) is 0.900. The van der Waals surface area contributed by atoms with Gasteiger partial charge >= 0.3 is 0 Å². The van der Waals surface area contributed by atoms with Crippen LogP contribution in [0.25, 0.3) is 0 Å². The molecule has 0 saturated heterocycles. The lowest BCUT2D eigenvalue weighted by atomic mass is 9.96. The number of carbonyl (C=O) groups is 1. The molecule has 2 nitrogen and oxygen atoms in total. The number of hydrogen-bond acceptors (Lipinski definition) is 1. The molecule has 0 heterocycles. The molecule has 0 radical (unpaired) electrons. The lowest BCUT2D eigenvalue weighted by molar-refractivity contribution is -0.110. The highest BCUT2D eigenvalue weighted by molar-refractivity contribution is 5.46. The van der Waals surface area contributed by atoms with E-state index in [4.69, 9.17) is 0 Å². The Labute approximate surface area is 75.7 Å². The van der Waals surface area contributed by atoms with Gasteiger partial charge in [-0.15, -0.1) is 0 Å². The molecule has 0 fully saturated rings. The number of hydrogen-bond donors (Lipinski definition) is 1. The van der Waals surface area contributed by atoms with Gasteiger partial charge in [-0.25, -0.2) is 0 Å². The van der Waals surface area contributed by atoms with Crippen molar-refractivity contribution >= 4 is 6.41 Å². The summed E-state index contributed by atoms with van der Waals surface area (Å²) in [4.78, 5) is 10.3. The van der Waals surface area contributed by atoms with Gasteiger partial charge in [0.25, 0.3) is 0 Å². The quantitative estimate of drug-likeness (QED) is 0.610. The van der Waals surface area contributed by atoms with Crippen molar-refractivity contribution in [3.8, 4) is 0 Å². The number of nitrogens with one attached hydrogen (secondary N) is 1. The van der Waals surface area contributed by atoms with Gasteiger partial charge in [0.1, 0.15) is 0 Å². The molecule has 0 unspecified atom stereocenters. The highest BCUT2D eigenvalue weighted by atomic mass is 16.1. The van der Waals surface area contributed by atoms with Crippen molar-refractivity contribution in [3.63, 3.8) is 0 Å². The molecule has 0 bridgehead atoms. The normalized spacial score (nSPS) is 11.2. The Morgan fingerprint density at radius 2 is 1.50 bits per heavy atom. The molecular formula is C10H21NO. The van der Waals surface area contributed by atoms with Crippen molar-refractivity contribution in [3.05, 3.63) is 0 Å². The van der Waals surface area contributed by atoms with Gasteiger partial charge in [0.2, 0.25) is 6.41 Å². The zero-order valence-corrected chi connectivity index (χ0v) is 8.63. The van der Waals surface area contributed by atoms with E-state index >= 15 is 0 Å². The standard InChI is InChI=1S/C10H21NO/c1-8(2)5-10(11-7-12)6-9(3)4/h7-10H,5-6H2,1-4H3,(H,11,12). The Morgan fingerprint density at radius 3 is 1.75 bits per heavy atom. The van der Waals surface area contributed by atoms with Gasteiger partial charge < -0.3 is 5.32 Å². The Kier molecular flexibility index (Phi) is 5.77. The van der Waals surface area contributed by atoms with Crippen LogP contribution in [0.2, 0.25) is 0 Å². The third-order valence-electron chi connectivity index (χ3n) is 1.82. The van der Waals surface area contributed by atoms with Gasteiger partial charge in [-0.2, -0.15) is 0 Å². The largest absolute Gasteiger partial charge is 0.356 e. The zero-order chi connectivity index (χ0) is 9.56. The van der Waals surface area contributed by atoms with Gasteiger partial charge in [-0.1, -0.05) is 27.7 Å². The molecule has 72 valence electrons. The summed E-state index contributed by atoms with van der Waals surface area (Å²) in [7, 11) is 0. The van der Waals surface area contributed by atoms with E-state index in [1.54, 1.807) is 0 Å². The molecule has 0 aliphatic carbocycles. The van der Waals surface area contributed by atoms with Gasteiger partial charge in [-0.3, -0.25) is 4.79 Å². The van der Waals surface area contributed by atoms with Crippen LogP contribution >= 0.6 is 0 Å². The van der Waals surface area contributed by atoms with Crippen molar-refractivity contribution in [1.82, 2.24) is 5.32 Å². The van der Waals surface area contributed by atoms with Gasteiger partial charge in [0.05, 0.1) is 0 Å². The maximum Gasteiger partial charge on any atom is 0.207 e. The topological polar surface area (TPSA) is 29.1 Å².